The third-order valence-corrected chi connectivity index (χ3v) is 6.26. The summed E-state index contributed by atoms with van der Waals surface area (Å²) in [6, 6.07) is 8.18. The smallest absolute Gasteiger partial charge is 0.271 e. The molecule has 8 heteroatoms. The molecule has 0 saturated carbocycles. The van der Waals surface area contributed by atoms with Crippen LogP contribution in [0.1, 0.15) is 61.0 Å². The summed E-state index contributed by atoms with van der Waals surface area (Å²) in [5.74, 6) is 1.15. The molecule has 4 rings (SSSR count). The Balaban J connectivity index is 1.48. The normalized spacial score (nSPS) is 17.5. The minimum Gasteiger partial charge on any atom is -0.364 e. The summed E-state index contributed by atoms with van der Waals surface area (Å²) < 4.78 is 0. The highest BCUT2D eigenvalue weighted by Gasteiger charge is 2.22. The van der Waals surface area contributed by atoms with Crippen LogP contribution in [0.2, 0.25) is 0 Å². The number of amides is 2. The average Bonchev–Trinajstić information content (AvgIpc) is 2.80. The summed E-state index contributed by atoms with van der Waals surface area (Å²) in [4.78, 5) is 36.5. The Morgan fingerprint density at radius 1 is 1.03 bits per heavy atom. The van der Waals surface area contributed by atoms with Gasteiger partial charge in [-0.1, -0.05) is 12.1 Å². The number of hydrogen-bond donors (Lipinski definition) is 2. The van der Waals surface area contributed by atoms with E-state index in [4.69, 9.17) is 5.73 Å². The molecule has 3 N–H and O–H groups in total. The topological polar surface area (TPSA) is 104 Å². The number of nitrogens with zero attached hydrogens (tertiary/aromatic N) is 4. The number of likely N-dealkylation sites (tertiary alicyclic amines) is 1. The molecule has 31 heavy (non-hydrogen) atoms. The van der Waals surface area contributed by atoms with Crippen molar-refractivity contribution >= 4 is 29.1 Å². The van der Waals surface area contributed by atoms with E-state index in [1.807, 2.05) is 17.0 Å². The van der Waals surface area contributed by atoms with Crippen molar-refractivity contribution < 1.29 is 9.59 Å². The van der Waals surface area contributed by atoms with E-state index >= 15 is 0 Å². The van der Waals surface area contributed by atoms with Crippen molar-refractivity contribution in [2.45, 2.75) is 44.9 Å². The van der Waals surface area contributed by atoms with E-state index in [1.165, 1.54) is 12.0 Å². The molecule has 0 atom stereocenters. The van der Waals surface area contributed by atoms with Crippen LogP contribution in [-0.4, -0.2) is 52.9 Å². The number of hydrogen-bond acceptors (Lipinski definition) is 6. The van der Waals surface area contributed by atoms with Gasteiger partial charge in [0, 0.05) is 38.8 Å². The number of nitrogens with one attached hydrogen (secondary N) is 1. The van der Waals surface area contributed by atoms with Gasteiger partial charge in [0.1, 0.15) is 5.82 Å². The molecule has 1 aromatic heterocycles. The number of nitrogens with two attached hydrogens (primary N) is 1. The summed E-state index contributed by atoms with van der Waals surface area (Å²) >= 11 is 0. The number of primary amides is 1. The van der Waals surface area contributed by atoms with Crippen molar-refractivity contribution in [3.8, 4) is 0 Å². The van der Waals surface area contributed by atoms with Crippen molar-refractivity contribution in [2.75, 3.05) is 36.4 Å². The first-order valence-electron chi connectivity index (χ1n) is 11.1. The van der Waals surface area contributed by atoms with Crippen LogP contribution < -0.4 is 16.0 Å². The van der Waals surface area contributed by atoms with Gasteiger partial charge in [0.2, 0.25) is 5.91 Å². The minimum atomic E-state index is -0.603. The highest BCUT2D eigenvalue weighted by molar-refractivity contribution is 5.96. The molecule has 0 spiro atoms. The minimum absolute atomic E-state index is 0.140. The molecular weight excluding hydrogens is 392 g/mol. The largest absolute Gasteiger partial charge is 0.364 e. The summed E-state index contributed by atoms with van der Waals surface area (Å²) in [5.41, 5.74) is 7.76. The Kier molecular flexibility index (Phi) is 6.34. The fourth-order valence-electron chi connectivity index (χ4n) is 4.43. The summed E-state index contributed by atoms with van der Waals surface area (Å²) in [7, 11) is 0. The molecule has 1 aromatic carbocycles. The summed E-state index contributed by atoms with van der Waals surface area (Å²) in [5, 5.41) is 3.23. The van der Waals surface area contributed by atoms with Crippen LogP contribution in [0.15, 0.2) is 30.5 Å². The Morgan fingerprint density at radius 3 is 2.32 bits per heavy atom. The molecule has 0 radical (unpaired) electrons. The third kappa shape index (κ3) is 4.95. The van der Waals surface area contributed by atoms with Crippen LogP contribution in [-0.2, 0) is 4.79 Å². The maximum atomic E-state index is 11.9. The molecule has 2 fully saturated rings. The van der Waals surface area contributed by atoms with E-state index in [0.29, 0.717) is 11.7 Å². The quantitative estimate of drug-likeness (QED) is 0.767. The first-order valence-corrected chi connectivity index (χ1v) is 11.1. The second kappa shape index (κ2) is 9.32. The van der Waals surface area contributed by atoms with E-state index in [9.17, 15) is 9.59 Å². The van der Waals surface area contributed by atoms with Gasteiger partial charge in [-0.05, 0) is 55.7 Å². The van der Waals surface area contributed by atoms with Gasteiger partial charge in [-0.15, -0.1) is 0 Å². The van der Waals surface area contributed by atoms with E-state index in [0.717, 1.165) is 63.4 Å². The lowest BCUT2D eigenvalue weighted by Crippen LogP contribution is -2.36. The molecule has 0 unspecified atom stereocenters. The van der Waals surface area contributed by atoms with Crippen LogP contribution >= 0.6 is 0 Å². The van der Waals surface area contributed by atoms with Gasteiger partial charge in [0.15, 0.2) is 11.5 Å². The molecule has 3 heterocycles. The van der Waals surface area contributed by atoms with Crippen molar-refractivity contribution in [3.05, 3.63) is 41.7 Å². The third-order valence-electron chi connectivity index (χ3n) is 6.26. The van der Waals surface area contributed by atoms with Crippen LogP contribution in [0.4, 0.5) is 17.3 Å². The van der Waals surface area contributed by atoms with Crippen LogP contribution in [0.25, 0.3) is 0 Å². The van der Waals surface area contributed by atoms with Crippen LogP contribution in [0.5, 0.6) is 0 Å². The number of carbonyl (C=O) groups excluding carboxylic acids is 2. The van der Waals surface area contributed by atoms with Gasteiger partial charge in [0.05, 0.1) is 6.20 Å². The maximum absolute atomic E-state index is 11.9. The molecule has 2 aliphatic rings. The van der Waals surface area contributed by atoms with Gasteiger partial charge in [-0.25, -0.2) is 9.97 Å². The molecule has 2 amide bonds. The first kappa shape index (κ1) is 21.1. The Labute approximate surface area is 182 Å². The zero-order valence-electron chi connectivity index (χ0n) is 18.0. The van der Waals surface area contributed by atoms with Crippen LogP contribution in [0.3, 0.4) is 0 Å². The molecular formula is C23H30N6O2. The van der Waals surface area contributed by atoms with Crippen molar-refractivity contribution in [1.82, 2.24) is 14.9 Å². The second-order valence-corrected chi connectivity index (χ2v) is 8.36. The molecule has 2 aliphatic heterocycles. The van der Waals surface area contributed by atoms with Gasteiger partial charge < -0.3 is 20.9 Å². The predicted octanol–water partition coefficient (Wildman–Crippen LogP) is 3.04. The van der Waals surface area contributed by atoms with Gasteiger partial charge in [-0.2, -0.15) is 0 Å². The lowest BCUT2D eigenvalue weighted by molar-refractivity contribution is -0.129. The molecule has 2 saturated heterocycles. The maximum Gasteiger partial charge on any atom is 0.271 e. The monoisotopic (exact) mass is 422 g/mol. The standard InChI is InChI=1S/C23H30N6O2/c1-16(30)28-13-9-18(10-14-28)17-5-7-19(8-6-17)26-23-21(22(24)31)25-15-20(27-23)29-11-3-2-4-12-29/h5-8,15,18H,2-4,9-14H2,1H3,(H2,24,31)(H,26,27). The Bertz CT molecular complexity index is 932. The highest BCUT2D eigenvalue weighted by Crippen LogP contribution is 2.30. The van der Waals surface area contributed by atoms with E-state index in [1.54, 1.807) is 13.1 Å². The van der Waals surface area contributed by atoms with E-state index < -0.39 is 5.91 Å². The Morgan fingerprint density at radius 2 is 1.71 bits per heavy atom. The van der Waals surface area contributed by atoms with Gasteiger partial charge >= 0.3 is 0 Å². The van der Waals surface area contributed by atoms with E-state index in [2.05, 4.69) is 32.3 Å². The van der Waals surface area contributed by atoms with Gasteiger partial charge in [0.25, 0.3) is 5.91 Å². The predicted molar refractivity (Wildman–Crippen MR) is 121 cm³/mol. The first-order chi connectivity index (χ1) is 15.0. The van der Waals surface area contributed by atoms with Crippen molar-refractivity contribution in [3.63, 3.8) is 0 Å². The molecule has 0 bridgehead atoms. The van der Waals surface area contributed by atoms with Crippen molar-refractivity contribution in [1.29, 1.82) is 0 Å². The molecule has 2 aromatic rings. The highest BCUT2D eigenvalue weighted by atomic mass is 16.2. The Hall–Kier alpha value is -3.16. The molecule has 164 valence electrons. The second-order valence-electron chi connectivity index (χ2n) is 8.36. The number of carbonyl (C=O) groups is 2. The van der Waals surface area contributed by atoms with Crippen molar-refractivity contribution in [2.24, 2.45) is 5.73 Å². The number of aromatic nitrogens is 2. The number of rotatable bonds is 5. The lowest BCUT2D eigenvalue weighted by atomic mass is 9.89. The summed E-state index contributed by atoms with van der Waals surface area (Å²) in [6.07, 6.45) is 7.08. The number of anilines is 3. The van der Waals surface area contributed by atoms with E-state index in [-0.39, 0.29) is 11.6 Å². The molecule has 8 nitrogen and oxygen atoms in total. The van der Waals surface area contributed by atoms with Gasteiger partial charge in [-0.3, -0.25) is 9.59 Å². The lowest BCUT2D eigenvalue weighted by Gasteiger charge is -2.31. The zero-order chi connectivity index (χ0) is 21.8. The van der Waals surface area contributed by atoms with Crippen LogP contribution in [0, 0.1) is 0 Å². The summed E-state index contributed by atoms with van der Waals surface area (Å²) in [6.45, 7) is 5.13. The number of benzene rings is 1. The average molecular weight is 423 g/mol. The fourth-order valence-corrected chi connectivity index (χ4v) is 4.43. The fraction of sp³-hybridized carbons (Fsp3) is 0.478. The zero-order valence-corrected chi connectivity index (χ0v) is 18.0. The SMILES string of the molecule is CC(=O)N1CCC(c2ccc(Nc3nc(N4CCCCC4)cnc3C(N)=O)cc2)CC1. The number of piperidine rings is 2. The molecule has 0 aliphatic carbocycles.